The second-order valence-electron chi connectivity index (χ2n) is 3.18. The van der Waals surface area contributed by atoms with Gasteiger partial charge in [0, 0.05) is 12.3 Å². The van der Waals surface area contributed by atoms with Crippen LogP contribution in [0.5, 0.6) is 0 Å². The molecule has 0 spiro atoms. The molecule has 0 amide bonds. The van der Waals surface area contributed by atoms with Gasteiger partial charge in [-0.25, -0.2) is 4.98 Å². The summed E-state index contributed by atoms with van der Waals surface area (Å²) in [6, 6.07) is 6.28. The van der Waals surface area contributed by atoms with Crippen molar-refractivity contribution >= 4 is 17.7 Å². The molecule has 2 rings (SSSR count). The summed E-state index contributed by atoms with van der Waals surface area (Å²) in [5.74, 6) is 0.403. The van der Waals surface area contributed by atoms with E-state index in [1.165, 1.54) is 18.3 Å². The first-order chi connectivity index (χ1) is 8.75. The van der Waals surface area contributed by atoms with Crippen LogP contribution >= 0.6 is 0 Å². The Kier molecular flexibility index (Phi) is 3.50. The summed E-state index contributed by atoms with van der Waals surface area (Å²) in [4.78, 5) is 13.7. The van der Waals surface area contributed by atoms with E-state index in [1.807, 2.05) is 0 Å². The van der Waals surface area contributed by atoms with Gasteiger partial charge in [-0.1, -0.05) is 0 Å². The van der Waals surface area contributed by atoms with E-state index in [0.717, 1.165) is 6.20 Å². The summed E-state index contributed by atoms with van der Waals surface area (Å²) in [5.41, 5.74) is 3.15. The highest BCUT2D eigenvalue weighted by Gasteiger charge is 2.04. The number of anilines is 1. The van der Waals surface area contributed by atoms with Crippen LogP contribution in [0.2, 0.25) is 0 Å². The number of hydrogen-bond acceptors (Lipinski definition) is 7. The molecule has 2 aromatic rings. The predicted octanol–water partition coefficient (Wildman–Crippen LogP) is 1.23. The average Bonchev–Trinajstić information content (AvgIpc) is 2.40. The van der Waals surface area contributed by atoms with Crippen LogP contribution in [0, 0.1) is 10.1 Å². The molecule has 0 aliphatic heterocycles. The van der Waals surface area contributed by atoms with Gasteiger partial charge in [0.25, 0.3) is 5.69 Å². The lowest BCUT2D eigenvalue weighted by Gasteiger charge is -1.97. The molecule has 90 valence electrons. The Morgan fingerprint density at radius 3 is 2.89 bits per heavy atom. The van der Waals surface area contributed by atoms with E-state index in [1.54, 1.807) is 18.3 Å². The molecule has 2 aromatic heterocycles. The van der Waals surface area contributed by atoms with Gasteiger partial charge in [0.05, 0.1) is 11.1 Å². The Morgan fingerprint density at radius 1 is 1.39 bits per heavy atom. The lowest BCUT2D eigenvalue weighted by atomic mass is 10.4. The highest BCUT2D eigenvalue weighted by atomic mass is 16.6. The standard InChI is InChI=1S/C10H8N6O2/c17-16(18)9-3-4-10(11-7-9)15-13-6-8-2-1-5-12-14-8/h1-7H,(H,11,15). The second-order valence-corrected chi connectivity index (χ2v) is 3.18. The molecule has 0 atom stereocenters. The van der Waals surface area contributed by atoms with Crippen molar-refractivity contribution in [2.75, 3.05) is 5.43 Å². The summed E-state index contributed by atoms with van der Waals surface area (Å²) in [5, 5.41) is 21.8. The molecule has 18 heavy (non-hydrogen) atoms. The molecule has 0 bridgehead atoms. The zero-order valence-corrected chi connectivity index (χ0v) is 9.09. The lowest BCUT2D eigenvalue weighted by Crippen LogP contribution is -1.96. The van der Waals surface area contributed by atoms with Gasteiger partial charge in [-0.2, -0.15) is 10.2 Å². The first-order valence-corrected chi connectivity index (χ1v) is 4.93. The van der Waals surface area contributed by atoms with Gasteiger partial charge in [-0.05, 0) is 18.2 Å². The minimum absolute atomic E-state index is 0.0709. The summed E-state index contributed by atoms with van der Waals surface area (Å²) in [6.45, 7) is 0. The predicted molar refractivity (Wildman–Crippen MR) is 64.1 cm³/mol. The van der Waals surface area contributed by atoms with Gasteiger partial charge in [0.15, 0.2) is 0 Å². The van der Waals surface area contributed by atoms with Crippen molar-refractivity contribution in [2.45, 2.75) is 0 Å². The topological polar surface area (TPSA) is 106 Å². The fourth-order valence-electron chi connectivity index (χ4n) is 1.11. The fourth-order valence-corrected chi connectivity index (χ4v) is 1.11. The highest BCUT2D eigenvalue weighted by molar-refractivity contribution is 5.77. The maximum Gasteiger partial charge on any atom is 0.287 e. The molecule has 0 saturated heterocycles. The first kappa shape index (κ1) is 11.6. The maximum absolute atomic E-state index is 10.4. The van der Waals surface area contributed by atoms with Crippen LogP contribution in [0.25, 0.3) is 0 Å². The number of nitrogens with one attached hydrogen (secondary N) is 1. The van der Waals surface area contributed by atoms with Crippen LogP contribution in [0.1, 0.15) is 5.69 Å². The van der Waals surface area contributed by atoms with E-state index >= 15 is 0 Å². The SMILES string of the molecule is O=[N+]([O-])c1ccc(NN=Cc2cccnn2)nc1. The molecular weight excluding hydrogens is 236 g/mol. The summed E-state index contributed by atoms with van der Waals surface area (Å²) >= 11 is 0. The smallest absolute Gasteiger partial charge is 0.261 e. The van der Waals surface area contributed by atoms with Crippen molar-refractivity contribution in [3.05, 3.63) is 52.5 Å². The van der Waals surface area contributed by atoms with Gasteiger partial charge in [-0.3, -0.25) is 15.5 Å². The average molecular weight is 244 g/mol. The minimum atomic E-state index is -0.514. The summed E-state index contributed by atoms with van der Waals surface area (Å²) in [7, 11) is 0. The second kappa shape index (κ2) is 5.43. The third kappa shape index (κ3) is 3.04. The Labute approximate surface area is 102 Å². The summed E-state index contributed by atoms with van der Waals surface area (Å²) in [6.07, 6.45) is 4.18. The number of nitrogens with zero attached hydrogens (tertiary/aromatic N) is 5. The van der Waals surface area contributed by atoms with Crippen molar-refractivity contribution in [1.82, 2.24) is 15.2 Å². The van der Waals surface area contributed by atoms with Crippen LogP contribution in [0.3, 0.4) is 0 Å². The van der Waals surface area contributed by atoms with Crippen LogP contribution in [-0.4, -0.2) is 26.3 Å². The van der Waals surface area contributed by atoms with E-state index in [2.05, 4.69) is 25.7 Å². The van der Waals surface area contributed by atoms with Crippen molar-refractivity contribution in [3.8, 4) is 0 Å². The van der Waals surface area contributed by atoms with Gasteiger partial charge >= 0.3 is 0 Å². The van der Waals surface area contributed by atoms with Gasteiger partial charge in [0.2, 0.25) is 0 Å². The molecule has 0 saturated carbocycles. The molecule has 0 unspecified atom stereocenters. The van der Waals surface area contributed by atoms with Crippen LogP contribution in [-0.2, 0) is 0 Å². The molecule has 8 heteroatoms. The monoisotopic (exact) mass is 244 g/mol. The number of aromatic nitrogens is 3. The van der Waals surface area contributed by atoms with E-state index < -0.39 is 4.92 Å². The molecule has 0 aliphatic rings. The largest absolute Gasteiger partial charge is 0.287 e. The third-order valence-electron chi connectivity index (χ3n) is 1.93. The fraction of sp³-hybridized carbons (Fsp3) is 0. The number of rotatable bonds is 4. The number of hydrogen-bond donors (Lipinski definition) is 1. The molecule has 0 aromatic carbocycles. The quantitative estimate of drug-likeness (QED) is 0.492. The van der Waals surface area contributed by atoms with E-state index in [4.69, 9.17) is 0 Å². The van der Waals surface area contributed by atoms with Crippen molar-refractivity contribution < 1.29 is 4.92 Å². The first-order valence-electron chi connectivity index (χ1n) is 4.93. The molecule has 0 radical (unpaired) electrons. The number of pyridine rings is 1. The van der Waals surface area contributed by atoms with Crippen molar-refractivity contribution in [1.29, 1.82) is 0 Å². The Balaban J connectivity index is 1.98. The number of hydrazone groups is 1. The van der Waals surface area contributed by atoms with E-state index in [-0.39, 0.29) is 5.69 Å². The highest BCUT2D eigenvalue weighted by Crippen LogP contribution is 2.11. The van der Waals surface area contributed by atoms with Gasteiger partial charge in [0.1, 0.15) is 17.7 Å². The van der Waals surface area contributed by atoms with Crippen LogP contribution < -0.4 is 5.43 Å². The number of nitro groups is 1. The minimum Gasteiger partial charge on any atom is -0.261 e. The molecule has 0 fully saturated rings. The lowest BCUT2D eigenvalue weighted by molar-refractivity contribution is -0.385. The normalized spacial score (nSPS) is 10.4. The van der Waals surface area contributed by atoms with E-state index in [0.29, 0.717) is 11.5 Å². The maximum atomic E-state index is 10.4. The van der Waals surface area contributed by atoms with Gasteiger partial charge < -0.3 is 0 Å². The molecule has 2 heterocycles. The van der Waals surface area contributed by atoms with Crippen LogP contribution in [0.15, 0.2) is 41.8 Å². The van der Waals surface area contributed by atoms with Crippen molar-refractivity contribution in [2.24, 2.45) is 5.10 Å². The molecule has 8 nitrogen and oxygen atoms in total. The van der Waals surface area contributed by atoms with Gasteiger partial charge in [-0.15, -0.1) is 5.10 Å². The van der Waals surface area contributed by atoms with Crippen LogP contribution in [0.4, 0.5) is 11.5 Å². The zero-order chi connectivity index (χ0) is 12.8. The zero-order valence-electron chi connectivity index (χ0n) is 9.09. The van der Waals surface area contributed by atoms with Crippen molar-refractivity contribution in [3.63, 3.8) is 0 Å². The Bertz CT molecular complexity index is 554. The third-order valence-corrected chi connectivity index (χ3v) is 1.93. The molecule has 1 N–H and O–H groups in total. The Morgan fingerprint density at radius 2 is 2.28 bits per heavy atom. The molecular formula is C10H8N6O2. The molecule has 0 aliphatic carbocycles. The van der Waals surface area contributed by atoms with E-state index in [9.17, 15) is 10.1 Å². The summed E-state index contributed by atoms with van der Waals surface area (Å²) < 4.78 is 0. The Hall–Kier alpha value is -2.90.